The Balaban J connectivity index is 0.00000109. The number of amides is 1. The number of likely N-dealkylation sites (tertiary alicyclic amines) is 1. The third-order valence-corrected chi connectivity index (χ3v) is 5.58. The molecule has 0 aliphatic carbocycles. The average molecular weight is 384 g/mol. The largest absolute Gasteiger partial charge is 0.489 e. The van der Waals surface area contributed by atoms with Gasteiger partial charge in [0.25, 0.3) is 0 Å². The highest BCUT2D eigenvalue weighted by Gasteiger charge is 2.49. The minimum absolute atomic E-state index is 0.186. The lowest BCUT2D eigenvalue weighted by Crippen LogP contribution is -2.47. The van der Waals surface area contributed by atoms with Crippen molar-refractivity contribution < 1.29 is 13.9 Å². The molecular weight excluding hydrogens is 355 g/mol. The van der Waals surface area contributed by atoms with Crippen LogP contribution < -0.4 is 10.1 Å². The Bertz CT molecular complexity index is 809. The van der Waals surface area contributed by atoms with Gasteiger partial charge in [-0.15, -0.1) is 0 Å². The summed E-state index contributed by atoms with van der Waals surface area (Å²) in [6.45, 7) is 5.03. The van der Waals surface area contributed by atoms with Gasteiger partial charge in [-0.25, -0.2) is 4.39 Å². The molecule has 2 aromatic rings. The molecule has 0 radical (unpaired) electrons. The van der Waals surface area contributed by atoms with Crippen molar-refractivity contribution in [3.63, 3.8) is 0 Å². The minimum atomic E-state index is -0.376. The zero-order chi connectivity index (χ0) is 20.1. The molecule has 28 heavy (non-hydrogen) atoms. The molecule has 2 saturated heterocycles. The molecule has 2 atom stereocenters. The van der Waals surface area contributed by atoms with Gasteiger partial charge in [-0.05, 0) is 43.0 Å². The molecule has 150 valence electrons. The number of hydrogen-bond acceptors (Lipinski definition) is 3. The van der Waals surface area contributed by atoms with E-state index in [2.05, 4.69) is 5.32 Å². The molecule has 1 amide bonds. The fraction of sp³-hybridized carbons (Fsp3) is 0.435. The van der Waals surface area contributed by atoms with Gasteiger partial charge in [0.15, 0.2) is 0 Å². The van der Waals surface area contributed by atoms with Gasteiger partial charge < -0.3 is 9.64 Å². The molecule has 2 heterocycles. The van der Waals surface area contributed by atoms with E-state index in [-0.39, 0.29) is 29.9 Å². The van der Waals surface area contributed by atoms with Gasteiger partial charge in [-0.3, -0.25) is 10.1 Å². The monoisotopic (exact) mass is 384 g/mol. The summed E-state index contributed by atoms with van der Waals surface area (Å²) in [5.74, 6) is 0.669. The number of rotatable bonds is 4. The lowest BCUT2D eigenvalue weighted by molar-refractivity contribution is -0.131. The minimum Gasteiger partial charge on any atom is -0.489 e. The third kappa shape index (κ3) is 4.04. The molecule has 5 heteroatoms. The predicted molar refractivity (Wildman–Crippen MR) is 109 cm³/mol. The van der Waals surface area contributed by atoms with Crippen molar-refractivity contribution in [2.75, 3.05) is 13.6 Å². The van der Waals surface area contributed by atoms with E-state index >= 15 is 0 Å². The highest BCUT2D eigenvalue weighted by molar-refractivity contribution is 5.88. The summed E-state index contributed by atoms with van der Waals surface area (Å²) in [6, 6.07) is 14.7. The number of nitrogens with one attached hydrogen (secondary N) is 1. The standard InChI is InChI=1S/C21H23FN2O2.C2H6/c1-24-13-12-21(20(24)25)11-10-19(23-21)15-6-8-17(9-7-15)26-14-16-4-2-3-5-18(16)22;1-2/h2-9,19,23H,10-14H2,1H3;1-2H3/t19?,21-;/m1./s1. The second kappa shape index (κ2) is 8.74. The van der Waals surface area contributed by atoms with Crippen molar-refractivity contribution in [3.8, 4) is 5.75 Å². The zero-order valence-corrected chi connectivity index (χ0v) is 16.9. The Hall–Kier alpha value is -2.40. The summed E-state index contributed by atoms with van der Waals surface area (Å²) >= 11 is 0. The number of hydrogen-bond donors (Lipinski definition) is 1. The van der Waals surface area contributed by atoms with Crippen molar-refractivity contribution in [1.82, 2.24) is 10.2 Å². The van der Waals surface area contributed by atoms with Gasteiger partial charge in [-0.1, -0.05) is 44.2 Å². The van der Waals surface area contributed by atoms with Crippen LogP contribution in [0.2, 0.25) is 0 Å². The fourth-order valence-electron chi connectivity index (χ4n) is 3.99. The van der Waals surface area contributed by atoms with Crippen molar-refractivity contribution in [3.05, 3.63) is 65.5 Å². The van der Waals surface area contributed by atoms with Crippen LogP contribution in [-0.2, 0) is 11.4 Å². The van der Waals surface area contributed by atoms with Gasteiger partial charge in [-0.2, -0.15) is 0 Å². The molecule has 0 bridgehead atoms. The van der Waals surface area contributed by atoms with Gasteiger partial charge in [0.05, 0.1) is 0 Å². The SMILES string of the molecule is CC.CN1CC[C@]2(CCC(c3ccc(OCc4ccccc4F)cc3)N2)C1=O. The van der Waals surface area contributed by atoms with Crippen LogP contribution in [-0.4, -0.2) is 29.9 Å². The van der Waals surface area contributed by atoms with Crippen LogP contribution >= 0.6 is 0 Å². The first-order valence-electron chi connectivity index (χ1n) is 10.1. The van der Waals surface area contributed by atoms with Gasteiger partial charge in [0.1, 0.15) is 23.7 Å². The molecule has 1 unspecified atom stereocenters. The van der Waals surface area contributed by atoms with E-state index in [1.54, 1.807) is 18.2 Å². The molecule has 2 aromatic carbocycles. The highest BCUT2D eigenvalue weighted by Crippen LogP contribution is 2.39. The Morgan fingerprint density at radius 1 is 1.14 bits per heavy atom. The van der Waals surface area contributed by atoms with Crippen molar-refractivity contribution >= 4 is 5.91 Å². The first-order valence-corrected chi connectivity index (χ1v) is 10.1. The molecule has 4 nitrogen and oxygen atoms in total. The third-order valence-electron chi connectivity index (χ3n) is 5.58. The Morgan fingerprint density at radius 2 is 1.86 bits per heavy atom. The lowest BCUT2D eigenvalue weighted by atomic mass is 9.96. The number of likely N-dealkylation sites (N-methyl/N-ethyl adjacent to an activating group) is 1. The van der Waals surface area contributed by atoms with Gasteiger partial charge in [0.2, 0.25) is 5.91 Å². The maximum absolute atomic E-state index is 13.6. The number of ether oxygens (including phenoxy) is 1. The summed E-state index contributed by atoms with van der Waals surface area (Å²) in [4.78, 5) is 14.2. The van der Waals surface area contributed by atoms with Crippen LogP contribution in [0, 0.1) is 5.82 Å². The van der Waals surface area contributed by atoms with Crippen LogP contribution in [0.4, 0.5) is 4.39 Å². The molecule has 2 aliphatic rings. The molecular formula is C23H29FN2O2. The Labute approximate surface area is 166 Å². The van der Waals surface area contributed by atoms with E-state index in [1.807, 2.05) is 50.1 Å². The number of halogens is 1. The maximum Gasteiger partial charge on any atom is 0.242 e. The quantitative estimate of drug-likeness (QED) is 0.846. The van der Waals surface area contributed by atoms with Crippen molar-refractivity contribution in [2.24, 2.45) is 0 Å². The van der Waals surface area contributed by atoms with Crippen LogP contribution in [0.25, 0.3) is 0 Å². The molecule has 1 spiro atoms. The maximum atomic E-state index is 13.6. The van der Waals surface area contributed by atoms with E-state index < -0.39 is 0 Å². The molecule has 1 N–H and O–H groups in total. The number of nitrogens with zero attached hydrogens (tertiary/aromatic N) is 1. The van der Waals surface area contributed by atoms with Crippen LogP contribution in [0.5, 0.6) is 5.75 Å². The van der Waals surface area contributed by atoms with E-state index in [0.29, 0.717) is 11.3 Å². The van der Waals surface area contributed by atoms with Crippen LogP contribution in [0.1, 0.15) is 50.3 Å². The molecule has 2 fully saturated rings. The number of carbonyl (C=O) groups excluding carboxylic acids is 1. The summed E-state index contributed by atoms with van der Waals surface area (Å²) in [6.07, 6.45) is 2.71. The predicted octanol–water partition coefficient (Wildman–Crippen LogP) is 4.46. The topological polar surface area (TPSA) is 41.6 Å². The summed E-state index contributed by atoms with van der Waals surface area (Å²) in [5.41, 5.74) is 1.32. The van der Waals surface area contributed by atoms with Crippen molar-refractivity contribution in [1.29, 1.82) is 0 Å². The number of benzene rings is 2. The fourth-order valence-corrected chi connectivity index (χ4v) is 3.99. The Morgan fingerprint density at radius 3 is 2.50 bits per heavy atom. The van der Waals surface area contributed by atoms with Gasteiger partial charge in [0, 0.05) is 25.2 Å². The van der Waals surface area contributed by atoms with E-state index in [4.69, 9.17) is 4.74 Å². The van der Waals surface area contributed by atoms with E-state index in [1.165, 1.54) is 6.07 Å². The summed E-state index contributed by atoms with van der Waals surface area (Å²) < 4.78 is 19.3. The second-order valence-electron chi connectivity index (χ2n) is 7.24. The normalized spacial score (nSPS) is 23.6. The molecule has 0 aromatic heterocycles. The molecule has 2 aliphatic heterocycles. The molecule has 4 rings (SSSR count). The average Bonchev–Trinajstić information content (AvgIpc) is 3.29. The molecule has 0 saturated carbocycles. The van der Waals surface area contributed by atoms with Crippen LogP contribution in [0.15, 0.2) is 48.5 Å². The van der Waals surface area contributed by atoms with Crippen LogP contribution in [0.3, 0.4) is 0 Å². The smallest absolute Gasteiger partial charge is 0.242 e. The summed E-state index contributed by atoms with van der Waals surface area (Å²) in [5, 5.41) is 3.57. The first-order chi connectivity index (χ1) is 13.6. The van der Waals surface area contributed by atoms with Crippen molar-refractivity contribution in [2.45, 2.75) is 51.3 Å². The Kier molecular flexibility index (Phi) is 6.35. The number of carbonyl (C=O) groups is 1. The van der Waals surface area contributed by atoms with E-state index in [0.717, 1.165) is 31.4 Å². The van der Waals surface area contributed by atoms with Gasteiger partial charge >= 0.3 is 0 Å². The lowest BCUT2D eigenvalue weighted by Gasteiger charge is -2.23. The highest BCUT2D eigenvalue weighted by atomic mass is 19.1. The zero-order valence-electron chi connectivity index (χ0n) is 16.9. The second-order valence-corrected chi connectivity index (χ2v) is 7.24. The first kappa shape index (κ1) is 20.3. The van der Waals surface area contributed by atoms with E-state index in [9.17, 15) is 9.18 Å². The summed E-state index contributed by atoms with van der Waals surface area (Å²) in [7, 11) is 1.87.